The molecular weight excluding hydrogens is 238 g/mol. The Hall–Kier alpha value is -0.870. The second-order valence-corrected chi connectivity index (χ2v) is 5.86. The van der Waals surface area contributed by atoms with Crippen LogP contribution in [0.2, 0.25) is 0 Å². The third-order valence-corrected chi connectivity index (χ3v) is 4.33. The van der Waals surface area contributed by atoms with Crippen molar-refractivity contribution in [3.8, 4) is 0 Å². The van der Waals surface area contributed by atoms with Gasteiger partial charge in [-0.3, -0.25) is 4.68 Å². The van der Waals surface area contributed by atoms with Crippen molar-refractivity contribution in [2.75, 3.05) is 13.1 Å². The monoisotopic (exact) mass is 263 g/mol. The van der Waals surface area contributed by atoms with Gasteiger partial charge in [-0.2, -0.15) is 5.10 Å². The molecule has 0 amide bonds. The third kappa shape index (κ3) is 3.57. The minimum atomic E-state index is 0.369. The summed E-state index contributed by atoms with van der Waals surface area (Å²) in [6.45, 7) is 2.78. The lowest BCUT2D eigenvalue weighted by Crippen LogP contribution is -2.35. The summed E-state index contributed by atoms with van der Waals surface area (Å²) in [7, 11) is 0. The Morgan fingerprint density at radius 2 is 2.11 bits per heavy atom. The van der Waals surface area contributed by atoms with Crippen LogP contribution >= 0.6 is 0 Å². The van der Waals surface area contributed by atoms with Gasteiger partial charge in [-0.1, -0.05) is 19.3 Å². The number of rotatable bonds is 4. The summed E-state index contributed by atoms with van der Waals surface area (Å²) in [4.78, 5) is 0. The van der Waals surface area contributed by atoms with E-state index < -0.39 is 0 Å². The number of ether oxygens (including phenoxy) is 1. The molecule has 3 rings (SSSR count). The second-order valence-electron chi connectivity index (χ2n) is 5.86. The van der Waals surface area contributed by atoms with Gasteiger partial charge in [0, 0.05) is 12.7 Å². The Balaban J connectivity index is 1.49. The topological polar surface area (TPSA) is 39.1 Å². The van der Waals surface area contributed by atoms with Crippen LogP contribution in [0.4, 0.5) is 0 Å². The van der Waals surface area contributed by atoms with Gasteiger partial charge in [-0.15, -0.1) is 0 Å². The van der Waals surface area contributed by atoms with Crippen LogP contribution < -0.4 is 5.32 Å². The van der Waals surface area contributed by atoms with Gasteiger partial charge in [0.25, 0.3) is 0 Å². The molecule has 1 aromatic rings. The van der Waals surface area contributed by atoms with Gasteiger partial charge in [0.15, 0.2) is 0 Å². The number of hydrogen-bond donors (Lipinski definition) is 1. The smallest absolute Gasteiger partial charge is 0.0910 e. The predicted molar refractivity (Wildman–Crippen MR) is 75.0 cm³/mol. The lowest BCUT2D eigenvalue weighted by Gasteiger charge is -2.23. The number of piperidine rings is 1. The van der Waals surface area contributed by atoms with Crippen LogP contribution in [0.5, 0.6) is 0 Å². The van der Waals surface area contributed by atoms with Gasteiger partial charge in [0.1, 0.15) is 0 Å². The van der Waals surface area contributed by atoms with Crippen LogP contribution in [-0.4, -0.2) is 29.0 Å². The quantitative estimate of drug-likeness (QED) is 0.907. The fraction of sp³-hybridized carbons (Fsp3) is 0.800. The van der Waals surface area contributed by atoms with Crippen LogP contribution in [0, 0.1) is 0 Å². The molecule has 1 saturated heterocycles. The molecule has 106 valence electrons. The standard InChI is InChI=1S/C15H25N3O/c1-2-5-14(6-3-1)18-10-8-13(17-18)12-19-15-7-4-9-16-11-15/h8,10,14-16H,1-7,9,11-12H2. The van der Waals surface area contributed by atoms with E-state index in [1.165, 1.54) is 44.9 Å². The highest BCUT2D eigenvalue weighted by Gasteiger charge is 2.17. The molecule has 1 unspecified atom stereocenters. The van der Waals surface area contributed by atoms with Gasteiger partial charge in [-0.25, -0.2) is 0 Å². The van der Waals surface area contributed by atoms with Crippen LogP contribution in [-0.2, 0) is 11.3 Å². The SMILES string of the molecule is c1cn(C2CCCCC2)nc1COC1CCCNC1. The molecule has 0 aromatic carbocycles. The molecule has 2 fully saturated rings. The molecule has 2 heterocycles. The summed E-state index contributed by atoms with van der Waals surface area (Å²) in [5.41, 5.74) is 1.08. The molecule has 1 aliphatic carbocycles. The molecule has 1 atom stereocenters. The molecule has 2 aliphatic rings. The maximum atomic E-state index is 5.93. The van der Waals surface area contributed by atoms with Gasteiger partial charge in [0.05, 0.1) is 24.4 Å². The number of hydrogen-bond acceptors (Lipinski definition) is 3. The molecule has 19 heavy (non-hydrogen) atoms. The lowest BCUT2D eigenvalue weighted by atomic mass is 9.96. The first kappa shape index (κ1) is 13.1. The largest absolute Gasteiger partial charge is 0.371 e. The first-order chi connectivity index (χ1) is 9.42. The van der Waals surface area contributed by atoms with Gasteiger partial charge < -0.3 is 10.1 Å². The average molecular weight is 263 g/mol. The van der Waals surface area contributed by atoms with E-state index in [1.54, 1.807) is 0 Å². The van der Waals surface area contributed by atoms with Crippen molar-refractivity contribution >= 4 is 0 Å². The highest BCUT2D eigenvalue weighted by molar-refractivity contribution is 4.98. The molecule has 1 saturated carbocycles. The van der Waals surface area contributed by atoms with Gasteiger partial charge in [-0.05, 0) is 38.3 Å². The zero-order valence-electron chi connectivity index (χ0n) is 11.7. The van der Waals surface area contributed by atoms with E-state index in [0.29, 0.717) is 18.8 Å². The van der Waals surface area contributed by atoms with Gasteiger partial charge >= 0.3 is 0 Å². The van der Waals surface area contributed by atoms with E-state index in [-0.39, 0.29) is 0 Å². The van der Waals surface area contributed by atoms with Crippen LogP contribution in [0.15, 0.2) is 12.3 Å². The summed E-state index contributed by atoms with van der Waals surface area (Å²) >= 11 is 0. The molecule has 4 nitrogen and oxygen atoms in total. The number of aromatic nitrogens is 2. The molecule has 0 radical (unpaired) electrons. The Bertz CT molecular complexity index is 378. The predicted octanol–water partition coefficient (Wildman–Crippen LogP) is 2.66. The molecule has 1 aromatic heterocycles. The van der Waals surface area contributed by atoms with Crippen molar-refractivity contribution in [1.29, 1.82) is 0 Å². The summed E-state index contributed by atoms with van der Waals surface area (Å²) in [5, 5.41) is 8.07. The number of nitrogens with one attached hydrogen (secondary N) is 1. The van der Waals surface area contributed by atoms with Crippen molar-refractivity contribution in [2.24, 2.45) is 0 Å². The fourth-order valence-corrected chi connectivity index (χ4v) is 3.17. The maximum Gasteiger partial charge on any atom is 0.0910 e. The Labute approximate surface area is 115 Å². The van der Waals surface area contributed by atoms with Crippen molar-refractivity contribution < 1.29 is 4.74 Å². The zero-order valence-corrected chi connectivity index (χ0v) is 11.7. The molecule has 0 bridgehead atoms. The summed E-state index contributed by atoms with van der Waals surface area (Å²) in [6.07, 6.45) is 11.6. The first-order valence-electron chi connectivity index (χ1n) is 7.78. The van der Waals surface area contributed by atoms with Crippen LogP contribution in [0.3, 0.4) is 0 Å². The summed E-state index contributed by atoms with van der Waals surface area (Å²) < 4.78 is 8.09. The fourth-order valence-electron chi connectivity index (χ4n) is 3.17. The van der Waals surface area contributed by atoms with E-state index in [1.807, 2.05) is 0 Å². The molecule has 4 heteroatoms. The minimum absolute atomic E-state index is 0.369. The van der Waals surface area contributed by atoms with Crippen LogP contribution in [0.25, 0.3) is 0 Å². The van der Waals surface area contributed by atoms with Gasteiger partial charge in [0.2, 0.25) is 0 Å². The third-order valence-electron chi connectivity index (χ3n) is 4.33. The van der Waals surface area contributed by atoms with E-state index in [2.05, 4.69) is 27.4 Å². The van der Waals surface area contributed by atoms with Crippen molar-refractivity contribution in [1.82, 2.24) is 15.1 Å². The van der Waals surface area contributed by atoms with E-state index in [9.17, 15) is 0 Å². The Morgan fingerprint density at radius 3 is 2.89 bits per heavy atom. The summed E-state index contributed by atoms with van der Waals surface area (Å²) in [5.74, 6) is 0. The van der Waals surface area contributed by atoms with E-state index in [0.717, 1.165) is 18.8 Å². The lowest BCUT2D eigenvalue weighted by molar-refractivity contribution is 0.0232. The highest BCUT2D eigenvalue weighted by Crippen LogP contribution is 2.27. The highest BCUT2D eigenvalue weighted by atomic mass is 16.5. The maximum absolute atomic E-state index is 5.93. The van der Waals surface area contributed by atoms with Crippen molar-refractivity contribution in [3.05, 3.63) is 18.0 Å². The Morgan fingerprint density at radius 1 is 1.21 bits per heavy atom. The minimum Gasteiger partial charge on any atom is -0.371 e. The van der Waals surface area contributed by atoms with E-state index in [4.69, 9.17) is 4.74 Å². The number of nitrogens with zero attached hydrogens (tertiary/aromatic N) is 2. The normalized spacial score (nSPS) is 25.6. The molecule has 1 N–H and O–H groups in total. The molecule has 1 aliphatic heterocycles. The van der Waals surface area contributed by atoms with E-state index >= 15 is 0 Å². The van der Waals surface area contributed by atoms with Crippen molar-refractivity contribution in [2.45, 2.75) is 63.7 Å². The molecular formula is C15H25N3O. The molecule has 0 spiro atoms. The van der Waals surface area contributed by atoms with Crippen LogP contribution in [0.1, 0.15) is 56.7 Å². The average Bonchev–Trinajstić information content (AvgIpc) is 2.96. The summed E-state index contributed by atoms with van der Waals surface area (Å²) in [6, 6.07) is 2.74. The van der Waals surface area contributed by atoms with Crippen molar-refractivity contribution in [3.63, 3.8) is 0 Å². The second kappa shape index (κ2) is 6.53. The zero-order chi connectivity index (χ0) is 12.9. The first-order valence-corrected chi connectivity index (χ1v) is 7.78. The Kier molecular flexibility index (Phi) is 4.51.